The minimum absolute atomic E-state index is 0.280. The van der Waals surface area contributed by atoms with E-state index >= 15 is 0 Å². The van der Waals surface area contributed by atoms with Crippen molar-refractivity contribution in [2.45, 2.75) is 13.3 Å². The summed E-state index contributed by atoms with van der Waals surface area (Å²) in [6.07, 6.45) is 0.294. The molecule has 4 nitrogen and oxygen atoms in total. The van der Waals surface area contributed by atoms with Crippen LogP contribution < -0.4 is 0 Å². The highest BCUT2D eigenvalue weighted by Gasteiger charge is 2.39. The summed E-state index contributed by atoms with van der Waals surface area (Å²) in [6.45, 7) is 1.29. The van der Waals surface area contributed by atoms with Crippen molar-refractivity contribution >= 4 is 23.4 Å². The average Bonchev–Trinajstić information content (AvgIpc) is 1.93. The van der Waals surface area contributed by atoms with Gasteiger partial charge < -0.3 is 4.52 Å². The van der Waals surface area contributed by atoms with Gasteiger partial charge in [-0.05, 0) is 6.42 Å². The summed E-state index contributed by atoms with van der Waals surface area (Å²) in [5.74, 6) is 0. The molecule has 0 radical (unpaired) electrons. The Morgan fingerprint density at radius 1 is 0.933 bits per heavy atom. The van der Waals surface area contributed by atoms with Crippen LogP contribution in [0, 0.1) is 0 Å². The summed E-state index contributed by atoms with van der Waals surface area (Å²) in [5.41, 5.74) is 0. The van der Waals surface area contributed by atoms with Crippen LogP contribution in [0.2, 0.25) is 0 Å². The van der Waals surface area contributed by atoms with Crippen LogP contribution in [-0.4, -0.2) is 6.61 Å². The average molecular weight is 289 g/mol. The third-order valence-electron chi connectivity index (χ3n) is 1.11. The van der Waals surface area contributed by atoms with Gasteiger partial charge in [0.15, 0.2) is 0 Å². The molecule has 0 aromatic heterocycles. The first-order chi connectivity index (χ1) is 6.68. The maximum absolute atomic E-state index is 13.3. The van der Waals surface area contributed by atoms with Gasteiger partial charge in [-0.2, -0.15) is 4.20 Å². The molecule has 12 heteroatoms. The molecule has 0 bridgehead atoms. The Kier molecular flexibility index (Phi) is 3.82. The fourth-order valence-corrected chi connectivity index (χ4v) is 6.09. The smallest absolute Gasteiger partial charge is 0.303 e. The number of hydrogen-bond donors (Lipinski definition) is 0. The van der Waals surface area contributed by atoms with E-state index in [0.29, 0.717) is 6.42 Å². The summed E-state index contributed by atoms with van der Waals surface area (Å²) < 4.78 is 74.4. The predicted molar refractivity (Wildman–Crippen MR) is 49.8 cm³/mol. The first-order valence-electron chi connectivity index (χ1n) is 3.72. The molecule has 0 spiro atoms. The van der Waals surface area contributed by atoms with E-state index in [9.17, 15) is 21.0 Å². The first-order valence-corrected chi connectivity index (χ1v) is 8.18. The van der Waals surface area contributed by atoms with E-state index in [1.54, 1.807) is 6.92 Å². The summed E-state index contributed by atoms with van der Waals surface area (Å²) in [5, 5.41) is 0. The van der Waals surface area contributed by atoms with Crippen molar-refractivity contribution in [2.75, 3.05) is 6.61 Å². The molecule has 90 valence electrons. The molecule has 0 aliphatic carbocycles. The largest absolute Gasteiger partial charge is 0.425 e. The van der Waals surface area contributed by atoms with Gasteiger partial charge in [0.25, 0.3) is 0 Å². The SMILES string of the molecule is CCCOP1(F)=NP(F)(F)=NP(F)(F)=N1. The van der Waals surface area contributed by atoms with Crippen LogP contribution in [0.5, 0.6) is 0 Å². The molecule has 1 aliphatic rings. The minimum Gasteiger partial charge on any atom is -0.303 e. The molecule has 0 N–H and O–H groups in total. The Hall–Kier alpha value is 0.300. The lowest BCUT2D eigenvalue weighted by atomic mass is 10.5. The van der Waals surface area contributed by atoms with Gasteiger partial charge in [0.05, 0.1) is 6.61 Å². The van der Waals surface area contributed by atoms with Crippen molar-refractivity contribution in [3.05, 3.63) is 0 Å². The molecule has 0 aromatic rings. The van der Waals surface area contributed by atoms with Gasteiger partial charge >= 0.3 is 23.4 Å². The highest BCUT2D eigenvalue weighted by molar-refractivity contribution is 7.77. The van der Waals surface area contributed by atoms with Crippen LogP contribution in [0.3, 0.4) is 0 Å². The van der Waals surface area contributed by atoms with E-state index in [2.05, 4.69) is 13.6 Å². The highest BCUT2D eigenvalue weighted by atomic mass is 31.3. The second-order valence-corrected chi connectivity index (χ2v) is 7.66. The van der Waals surface area contributed by atoms with Crippen molar-refractivity contribution in [3.8, 4) is 0 Å². The number of halogens is 5. The van der Waals surface area contributed by atoms with Crippen LogP contribution in [0.1, 0.15) is 13.3 Å². The fourth-order valence-electron chi connectivity index (χ4n) is 0.708. The maximum atomic E-state index is 13.3. The van der Waals surface area contributed by atoms with E-state index in [4.69, 9.17) is 0 Å². The first kappa shape index (κ1) is 13.4. The molecule has 1 heterocycles. The van der Waals surface area contributed by atoms with Gasteiger partial charge in [0.2, 0.25) is 0 Å². The monoisotopic (exact) mass is 289 g/mol. The topological polar surface area (TPSA) is 46.3 Å². The molecule has 1 rings (SSSR count). The minimum atomic E-state index is -5.61. The summed E-state index contributed by atoms with van der Waals surface area (Å²) in [7, 11) is -16.1. The zero-order valence-electron chi connectivity index (χ0n) is 7.40. The summed E-state index contributed by atoms with van der Waals surface area (Å²) in [6, 6.07) is 0. The Balaban J connectivity index is 3.18. The molecule has 15 heavy (non-hydrogen) atoms. The van der Waals surface area contributed by atoms with Crippen LogP contribution in [0.15, 0.2) is 13.5 Å². The molecule has 0 fully saturated rings. The molecule has 0 amide bonds. The second-order valence-electron chi connectivity index (χ2n) is 2.49. The van der Waals surface area contributed by atoms with Crippen molar-refractivity contribution < 1.29 is 25.5 Å². The van der Waals surface area contributed by atoms with Crippen LogP contribution in [0.4, 0.5) is 21.0 Å². The molecule has 1 unspecified atom stereocenters. The standard InChI is InChI=1S/C3H7F5N3OP3/c1-2-3-12-15(8)10-13(4,5)9-14(6,7)11-15/h2-3H2,1H3. The number of rotatable bonds is 3. The summed E-state index contributed by atoms with van der Waals surface area (Å²) >= 11 is 0. The van der Waals surface area contributed by atoms with E-state index in [1.807, 2.05) is 4.52 Å². The van der Waals surface area contributed by atoms with Gasteiger partial charge in [0, 0.05) is 0 Å². The third-order valence-corrected chi connectivity index (χ3v) is 6.83. The van der Waals surface area contributed by atoms with Crippen molar-refractivity contribution in [2.24, 2.45) is 13.5 Å². The highest BCUT2D eigenvalue weighted by Crippen LogP contribution is 2.81. The molecule has 0 saturated heterocycles. The lowest BCUT2D eigenvalue weighted by molar-refractivity contribution is 0.324. The third kappa shape index (κ3) is 3.99. The van der Waals surface area contributed by atoms with E-state index in [1.165, 1.54) is 0 Å². The van der Waals surface area contributed by atoms with E-state index in [-0.39, 0.29) is 6.61 Å². The Morgan fingerprint density at radius 3 is 1.93 bits per heavy atom. The van der Waals surface area contributed by atoms with Gasteiger partial charge in [-0.3, -0.25) is 0 Å². The summed E-state index contributed by atoms with van der Waals surface area (Å²) in [4.78, 5) is 0. The number of hydrogen-bond acceptors (Lipinski definition) is 4. The maximum Gasteiger partial charge on any atom is 0.425 e. The van der Waals surface area contributed by atoms with Crippen LogP contribution >= 0.6 is 23.4 Å². The zero-order valence-corrected chi connectivity index (χ0v) is 10.1. The molecule has 0 saturated carbocycles. The van der Waals surface area contributed by atoms with Crippen molar-refractivity contribution in [3.63, 3.8) is 0 Å². The lowest BCUT2D eigenvalue weighted by Crippen LogP contribution is -1.86. The van der Waals surface area contributed by atoms with Crippen LogP contribution in [-0.2, 0) is 4.52 Å². The Morgan fingerprint density at radius 2 is 1.47 bits per heavy atom. The van der Waals surface area contributed by atoms with Gasteiger partial charge in [-0.25, -0.2) is 0 Å². The molecule has 1 atom stereocenters. The second kappa shape index (κ2) is 4.28. The van der Waals surface area contributed by atoms with Crippen molar-refractivity contribution in [1.82, 2.24) is 0 Å². The van der Waals surface area contributed by atoms with Gasteiger partial charge in [-0.15, -0.1) is 30.3 Å². The lowest BCUT2D eigenvalue weighted by Gasteiger charge is -2.15. The predicted octanol–water partition coefficient (Wildman–Crippen LogP) is 6.11. The Bertz CT molecular complexity index is 401. The molecular formula is C3H7F5N3OP3. The quantitative estimate of drug-likeness (QED) is 0.456. The van der Waals surface area contributed by atoms with E-state index < -0.39 is 23.4 Å². The normalized spacial score (nSPS) is 32.4. The molecule has 0 aromatic carbocycles. The number of nitrogens with zero attached hydrogens (tertiary/aromatic N) is 3. The van der Waals surface area contributed by atoms with Gasteiger partial charge in [-0.1, -0.05) is 6.92 Å². The van der Waals surface area contributed by atoms with Gasteiger partial charge in [0.1, 0.15) is 0 Å². The van der Waals surface area contributed by atoms with Crippen molar-refractivity contribution in [1.29, 1.82) is 0 Å². The Labute approximate surface area is 83.2 Å². The fraction of sp³-hybridized carbons (Fsp3) is 1.00. The zero-order chi connectivity index (χ0) is 11.7. The van der Waals surface area contributed by atoms with E-state index in [0.717, 1.165) is 0 Å². The molecular weight excluding hydrogens is 282 g/mol. The molecule has 1 aliphatic heterocycles. The van der Waals surface area contributed by atoms with Crippen LogP contribution in [0.25, 0.3) is 0 Å².